The number of rotatable bonds is 4. The second-order valence-corrected chi connectivity index (χ2v) is 4.80. The summed E-state index contributed by atoms with van der Waals surface area (Å²) in [5.74, 6) is -0.929. The van der Waals surface area contributed by atoms with Crippen LogP contribution in [0.4, 0.5) is 11.4 Å². The zero-order chi connectivity index (χ0) is 14.7. The number of benzene rings is 1. The summed E-state index contributed by atoms with van der Waals surface area (Å²) in [4.78, 5) is 25.2. The van der Waals surface area contributed by atoms with Crippen LogP contribution in [-0.4, -0.2) is 31.6 Å². The first-order valence-electron chi connectivity index (χ1n) is 6.64. The van der Waals surface area contributed by atoms with Gasteiger partial charge in [-0.3, -0.25) is 4.79 Å². The maximum absolute atomic E-state index is 12.0. The van der Waals surface area contributed by atoms with Crippen LogP contribution >= 0.6 is 0 Å². The fourth-order valence-electron chi connectivity index (χ4n) is 2.48. The molecule has 1 aliphatic rings. The summed E-state index contributed by atoms with van der Waals surface area (Å²) in [6, 6.07) is 5.13. The standard InChI is InChI=1S/C14H19N3O3/c1-2-20-14(19)10-4-3-5-11(15)12(10)17-7-6-9(8-17)13(16)18/h3-5,9H,2,6-8,15H2,1H3,(H2,16,18). The van der Waals surface area contributed by atoms with E-state index in [4.69, 9.17) is 16.2 Å². The van der Waals surface area contributed by atoms with Gasteiger partial charge in [-0.2, -0.15) is 0 Å². The third kappa shape index (κ3) is 2.68. The van der Waals surface area contributed by atoms with Crippen LogP contribution in [0.25, 0.3) is 0 Å². The van der Waals surface area contributed by atoms with E-state index in [1.165, 1.54) is 0 Å². The molecule has 0 aromatic heterocycles. The summed E-state index contributed by atoms with van der Waals surface area (Å²) in [6.07, 6.45) is 0.673. The minimum Gasteiger partial charge on any atom is -0.462 e. The Morgan fingerprint density at radius 3 is 2.80 bits per heavy atom. The van der Waals surface area contributed by atoms with E-state index in [1.807, 2.05) is 4.90 Å². The number of carbonyl (C=O) groups is 2. The molecule has 0 bridgehead atoms. The lowest BCUT2D eigenvalue weighted by molar-refractivity contribution is -0.121. The topological polar surface area (TPSA) is 98.7 Å². The third-order valence-corrected chi connectivity index (χ3v) is 3.47. The molecule has 1 aliphatic heterocycles. The lowest BCUT2D eigenvalue weighted by Crippen LogP contribution is -2.28. The van der Waals surface area contributed by atoms with E-state index < -0.39 is 5.97 Å². The van der Waals surface area contributed by atoms with Gasteiger partial charge in [-0.15, -0.1) is 0 Å². The Morgan fingerprint density at radius 2 is 2.20 bits per heavy atom. The Hall–Kier alpha value is -2.24. The average Bonchev–Trinajstić information content (AvgIpc) is 2.88. The van der Waals surface area contributed by atoms with Gasteiger partial charge < -0.3 is 21.1 Å². The molecule has 2 rings (SSSR count). The summed E-state index contributed by atoms with van der Waals surface area (Å²) in [5, 5.41) is 0. The van der Waals surface area contributed by atoms with Gasteiger partial charge in [0.2, 0.25) is 5.91 Å². The number of hydrogen-bond acceptors (Lipinski definition) is 5. The van der Waals surface area contributed by atoms with E-state index in [0.717, 1.165) is 0 Å². The maximum Gasteiger partial charge on any atom is 0.340 e. The van der Waals surface area contributed by atoms with Crippen LogP contribution in [0.1, 0.15) is 23.7 Å². The highest BCUT2D eigenvalue weighted by Crippen LogP contribution is 2.32. The molecule has 1 aromatic rings. The molecule has 1 aromatic carbocycles. The van der Waals surface area contributed by atoms with E-state index >= 15 is 0 Å². The van der Waals surface area contributed by atoms with Crippen molar-refractivity contribution >= 4 is 23.3 Å². The van der Waals surface area contributed by atoms with Crippen LogP contribution < -0.4 is 16.4 Å². The first kappa shape index (κ1) is 14.2. The largest absolute Gasteiger partial charge is 0.462 e. The number of primary amides is 1. The molecule has 0 saturated carbocycles. The van der Waals surface area contributed by atoms with Crippen LogP contribution in [0.2, 0.25) is 0 Å². The molecule has 108 valence electrons. The minimum absolute atomic E-state index is 0.204. The maximum atomic E-state index is 12.0. The summed E-state index contributed by atoms with van der Waals surface area (Å²) in [7, 11) is 0. The van der Waals surface area contributed by atoms with Crippen molar-refractivity contribution in [1.82, 2.24) is 0 Å². The van der Waals surface area contributed by atoms with E-state index in [9.17, 15) is 9.59 Å². The molecule has 1 heterocycles. The number of carbonyl (C=O) groups excluding carboxylic acids is 2. The van der Waals surface area contributed by atoms with Crippen molar-refractivity contribution in [3.63, 3.8) is 0 Å². The second-order valence-electron chi connectivity index (χ2n) is 4.80. The van der Waals surface area contributed by atoms with Gasteiger partial charge in [0.1, 0.15) is 0 Å². The number of hydrogen-bond donors (Lipinski definition) is 2. The van der Waals surface area contributed by atoms with Crippen molar-refractivity contribution in [2.24, 2.45) is 11.7 Å². The lowest BCUT2D eigenvalue weighted by atomic mass is 10.1. The highest BCUT2D eigenvalue weighted by Gasteiger charge is 2.30. The zero-order valence-corrected chi connectivity index (χ0v) is 11.5. The van der Waals surface area contributed by atoms with Gasteiger partial charge in [-0.05, 0) is 25.5 Å². The molecule has 1 saturated heterocycles. The first-order chi connectivity index (χ1) is 9.54. The zero-order valence-electron chi connectivity index (χ0n) is 11.5. The minimum atomic E-state index is -0.405. The van der Waals surface area contributed by atoms with E-state index in [2.05, 4.69) is 0 Å². The van der Waals surface area contributed by atoms with E-state index in [-0.39, 0.29) is 11.8 Å². The van der Waals surface area contributed by atoms with Crippen LogP contribution in [-0.2, 0) is 9.53 Å². The lowest BCUT2D eigenvalue weighted by Gasteiger charge is -2.23. The monoisotopic (exact) mass is 277 g/mol. The van der Waals surface area contributed by atoms with Gasteiger partial charge in [-0.1, -0.05) is 6.07 Å². The van der Waals surface area contributed by atoms with Crippen LogP contribution in [0, 0.1) is 5.92 Å². The van der Waals surface area contributed by atoms with Crippen molar-refractivity contribution < 1.29 is 14.3 Å². The normalized spacial score (nSPS) is 18.1. The molecule has 1 amide bonds. The Bertz CT molecular complexity index is 530. The number of anilines is 2. The molecule has 20 heavy (non-hydrogen) atoms. The molecular weight excluding hydrogens is 258 g/mol. The van der Waals surface area contributed by atoms with Crippen molar-refractivity contribution in [3.05, 3.63) is 23.8 Å². The average molecular weight is 277 g/mol. The number of nitrogens with zero attached hydrogens (tertiary/aromatic N) is 1. The number of ether oxygens (including phenoxy) is 1. The molecule has 1 atom stereocenters. The van der Waals surface area contributed by atoms with Crippen LogP contribution in [0.15, 0.2) is 18.2 Å². The summed E-state index contributed by atoms with van der Waals surface area (Å²) >= 11 is 0. The molecule has 1 unspecified atom stereocenters. The van der Waals surface area contributed by atoms with Crippen molar-refractivity contribution in [3.8, 4) is 0 Å². The number of nitrogens with two attached hydrogens (primary N) is 2. The number of amides is 1. The third-order valence-electron chi connectivity index (χ3n) is 3.47. The fraction of sp³-hybridized carbons (Fsp3) is 0.429. The molecule has 0 radical (unpaired) electrons. The highest BCUT2D eigenvalue weighted by molar-refractivity contribution is 5.99. The predicted molar refractivity (Wildman–Crippen MR) is 76.3 cm³/mol. The number of nitrogen functional groups attached to an aromatic ring is 1. The van der Waals surface area contributed by atoms with E-state index in [0.29, 0.717) is 43.1 Å². The molecular formula is C14H19N3O3. The van der Waals surface area contributed by atoms with Gasteiger partial charge in [-0.25, -0.2) is 4.79 Å². The number of esters is 1. The Morgan fingerprint density at radius 1 is 1.45 bits per heavy atom. The van der Waals surface area contributed by atoms with E-state index in [1.54, 1.807) is 25.1 Å². The van der Waals surface area contributed by atoms with Crippen molar-refractivity contribution in [2.45, 2.75) is 13.3 Å². The summed E-state index contributed by atoms with van der Waals surface area (Å²) in [6.45, 7) is 3.18. The number of para-hydroxylation sites is 1. The van der Waals surface area contributed by atoms with Gasteiger partial charge in [0.15, 0.2) is 0 Å². The smallest absolute Gasteiger partial charge is 0.340 e. The second kappa shape index (κ2) is 5.81. The van der Waals surface area contributed by atoms with Crippen LogP contribution in [0.5, 0.6) is 0 Å². The molecule has 6 heteroatoms. The molecule has 1 fully saturated rings. The summed E-state index contributed by atoms with van der Waals surface area (Å²) < 4.78 is 5.04. The van der Waals surface area contributed by atoms with Gasteiger partial charge >= 0.3 is 5.97 Å². The highest BCUT2D eigenvalue weighted by atomic mass is 16.5. The fourth-order valence-corrected chi connectivity index (χ4v) is 2.48. The van der Waals surface area contributed by atoms with Gasteiger partial charge in [0, 0.05) is 13.1 Å². The quantitative estimate of drug-likeness (QED) is 0.625. The van der Waals surface area contributed by atoms with Gasteiger partial charge in [0.25, 0.3) is 0 Å². The Balaban J connectivity index is 2.31. The molecule has 4 N–H and O–H groups in total. The first-order valence-corrected chi connectivity index (χ1v) is 6.64. The van der Waals surface area contributed by atoms with Crippen molar-refractivity contribution in [2.75, 3.05) is 30.3 Å². The SMILES string of the molecule is CCOC(=O)c1cccc(N)c1N1CCC(C(N)=O)C1. The molecule has 0 spiro atoms. The van der Waals surface area contributed by atoms with Crippen LogP contribution in [0.3, 0.4) is 0 Å². The Kier molecular flexibility index (Phi) is 4.12. The van der Waals surface area contributed by atoms with Crippen molar-refractivity contribution in [1.29, 1.82) is 0 Å². The molecule has 0 aliphatic carbocycles. The Labute approximate surface area is 117 Å². The molecule has 6 nitrogen and oxygen atoms in total. The van der Waals surface area contributed by atoms with Gasteiger partial charge in [0.05, 0.1) is 29.5 Å². The summed E-state index contributed by atoms with van der Waals surface area (Å²) in [5.41, 5.74) is 12.9. The predicted octanol–water partition coefficient (Wildman–Crippen LogP) is 0.757.